The highest BCUT2D eigenvalue weighted by atomic mass is 32.1. The number of carbonyl (C=O) groups is 1. The lowest BCUT2D eigenvalue weighted by molar-refractivity contribution is -0.143. The van der Waals surface area contributed by atoms with Crippen LogP contribution >= 0.6 is 12.2 Å². The Bertz CT molecular complexity index is 672. The van der Waals surface area contributed by atoms with Crippen LogP contribution in [0.5, 0.6) is 0 Å². The SMILES string of the molecule is Cc1ccnc(C(=S)[C@H](C)[C@H]2NC(=O)[C@H]2[C@@H](CO[Si](C)C)C(C)(C)C)c1. The third-order valence-electron chi connectivity index (χ3n) is 5.22. The topological polar surface area (TPSA) is 51.2 Å². The molecule has 0 saturated carbocycles. The molecule has 1 aliphatic rings. The number of amides is 1. The zero-order valence-corrected chi connectivity index (χ0v) is 18.7. The summed E-state index contributed by atoms with van der Waals surface area (Å²) in [6.07, 6.45) is 1.79. The van der Waals surface area contributed by atoms with Crippen LogP contribution in [0.1, 0.15) is 39.0 Å². The first kappa shape index (κ1) is 21.2. The van der Waals surface area contributed by atoms with E-state index in [4.69, 9.17) is 16.6 Å². The van der Waals surface area contributed by atoms with Crippen molar-refractivity contribution in [1.29, 1.82) is 0 Å². The van der Waals surface area contributed by atoms with E-state index in [2.05, 4.69) is 51.1 Å². The predicted molar refractivity (Wildman–Crippen MR) is 112 cm³/mol. The Morgan fingerprint density at radius 3 is 2.58 bits per heavy atom. The molecule has 1 fully saturated rings. The van der Waals surface area contributed by atoms with Gasteiger partial charge in [-0.25, -0.2) is 0 Å². The van der Waals surface area contributed by atoms with Crippen molar-refractivity contribution in [3.8, 4) is 0 Å². The van der Waals surface area contributed by atoms with Gasteiger partial charge in [-0.15, -0.1) is 0 Å². The first-order valence-corrected chi connectivity index (χ1v) is 12.0. The van der Waals surface area contributed by atoms with Crippen molar-refractivity contribution in [2.75, 3.05) is 6.61 Å². The van der Waals surface area contributed by atoms with Gasteiger partial charge >= 0.3 is 0 Å². The summed E-state index contributed by atoms with van der Waals surface area (Å²) in [6.45, 7) is 15.6. The quantitative estimate of drug-likeness (QED) is 0.332. The highest BCUT2D eigenvalue weighted by Crippen LogP contribution is 2.40. The number of hydrogen-bond donors (Lipinski definition) is 1. The Kier molecular flexibility index (Phi) is 6.74. The molecule has 1 saturated heterocycles. The summed E-state index contributed by atoms with van der Waals surface area (Å²) in [6, 6.07) is 4.02. The molecule has 1 aliphatic heterocycles. The molecular formula is C20H31N2O2SSi. The molecule has 1 aromatic rings. The third kappa shape index (κ3) is 4.78. The number of thiocarbonyl (C=S) groups is 1. The van der Waals surface area contributed by atoms with Crippen LogP contribution in [0.3, 0.4) is 0 Å². The lowest BCUT2D eigenvalue weighted by Gasteiger charge is -2.48. The highest BCUT2D eigenvalue weighted by Gasteiger charge is 2.51. The van der Waals surface area contributed by atoms with E-state index in [1.807, 2.05) is 19.1 Å². The minimum absolute atomic E-state index is 0.0130. The molecule has 0 spiro atoms. The van der Waals surface area contributed by atoms with Crippen LogP contribution in [0.15, 0.2) is 18.3 Å². The van der Waals surface area contributed by atoms with Crippen molar-refractivity contribution in [3.05, 3.63) is 29.6 Å². The van der Waals surface area contributed by atoms with E-state index in [-0.39, 0.29) is 35.1 Å². The second-order valence-electron chi connectivity index (χ2n) is 8.62. The molecule has 0 bridgehead atoms. The molecule has 0 aliphatic carbocycles. The maximum absolute atomic E-state index is 12.5. The number of pyridine rings is 1. The Hall–Kier alpha value is -1.11. The third-order valence-corrected chi connectivity index (χ3v) is 6.54. The van der Waals surface area contributed by atoms with Gasteiger partial charge < -0.3 is 9.74 Å². The van der Waals surface area contributed by atoms with Crippen LogP contribution in [0.25, 0.3) is 0 Å². The van der Waals surface area contributed by atoms with E-state index in [0.717, 1.165) is 16.1 Å². The standard InChI is InChI=1S/C20H31N2O2SSi/c1-12-8-9-21-15(10-12)18(25)13(2)17-16(19(23)22-17)14(20(3,4)5)11-24-26(6)7/h8-10,13-14,16-17H,11H2,1-7H3,(H,22,23)/t13-,14-,16+,17-/m1/s1. The molecule has 1 N–H and O–H groups in total. The Morgan fingerprint density at radius 1 is 1.42 bits per heavy atom. The van der Waals surface area contributed by atoms with Gasteiger partial charge in [0, 0.05) is 29.6 Å². The van der Waals surface area contributed by atoms with E-state index in [9.17, 15) is 4.79 Å². The van der Waals surface area contributed by atoms with Gasteiger partial charge in [0.2, 0.25) is 14.9 Å². The monoisotopic (exact) mass is 391 g/mol. The average Bonchev–Trinajstić information content (AvgIpc) is 2.53. The van der Waals surface area contributed by atoms with Gasteiger partial charge in [-0.3, -0.25) is 9.78 Å². The van der Waals surface area contributed by atoms with Crippen molar-refractivity contribution in [2.24, 2.45) is 23.2 Å². The molecule has 0 aromatic carbocycles. The molecule has 2 heterocycles. The van der Waals surface area contributed by atoms with Crippen molar-refractivity contribution in [3.63, 3.8) is 0 Å². The minimum Gasteiger partial charge on any atom is -0.417 e. The van der Waals surface area contributed by atoms with Crippen molar-refractivity contribution in [2.45, 2.75) is 53.8 Å². The number of nitrogens with one attached hydrogen (secondary N) is 1. The molecule has 1 aromatic heterocycles. The highest BCUT2D eigenvalue weighted by molar-refractivity contribution is 7.80. The molecule has 6 heteroatoms. The van der Waals surface area contributed by atoms with Gasteiger partial charge in [0.05, 0.1) is 11.6 Å². The molecule has 4 nitrogen and oxygen atoms in total. The second-order valence-corrected chi connectivity index (χ2v) is 11.2. The van der Waals surface area contributed by atoms with Crippen LogP contribution in [-0.2, 0) is 9.22 Å². The van der Waals surface area contributed by atoms with Crippen LogP contribution in [0.2, 0.25) is 13.1 Å². The minimum atomic E-state index is -0.792. The summed E-state index contributed by atoms with van der Waals surface area (Å²) >= 11 is 5.72. The van der Waals surface area contributed by atoms with Crippen LogP contribution < -0.4 is 5.32 Å². The van der Waals surface area contributed by atoms with Gasteiger partial charge in [0.1, 0.15) is 0 Å². The molecule has 4 atom stereocenters. The van der Waals surface area contributed by atoms with Crippen molar-refractivity contribution >= 4 is 32.0 Å². The number of aryl methyl sites for hydroxylation is 1. The number of carbonyl (C=O) groups excluding carboxylic acids is 1. The summed E-state index contributed by atoms with van der Waals surface area (Å²) in [4.78, 5) is 17.7. The zero-order valence-electron chi connectivity index (χ0n) is 16.9. The fourth-order valence-electron chi connectivity index (χ4n) is 3.50. The number of nitrogens with zero attached hydrogens (tertiary/aromatic N) is 1. The normalized spacial score (nSPS) is 22.5. The average molecular weight is 392 g/mol. The first-order valence-electron chi connectivity index (χ1n) is 9.22. The van der Waals surface area contributed by atoms with Gasteiger partial charge in [0.25, 0.3) is 0 Å². The number of hydrogen-bond acceptors (Lipinski definition) is 4. The van der Waals surface area contributed by atoms with E-state index in [1.54, 1.807) is 6.20 Å². The zero-order chi connectivity index (χ0) is 19.6. The number of rotatable bonds is 7. The summed E-state index contributed by atoms with van der Waals surface area (Å²) < 4.78 is 6.00. The number of β-lactam (4-membered cyclic amide) rings is 1. The van der Waals surface area contributed by atoms with E-state index in [1.165, 1.54) is 0 Å². The largest absolute Gasteiger partial charge is 0.417 e. The van der Waals surface area contributed by atoms with Crippen LogP contribution in [0, 0.1) is 30.1 Å². The Morgan fingerprint density at radius 2 is 2.08 bits per heavy atom. The second kappa shape index (κ2) is 8.27. The maximum atomic E-state index is 12.5. The fraction of sp³-hybridized carbons (Fsp3) is 0.650. The Balaban J connectivity index is 2.20. The van der Waals surface area contributed by atoms with Crippen LogP contribution in [0.4, 0.5) is 0 Å². The van der Waals surface area contributed by atoms with Crippen molar-refractivity contribution < 1.29 is 9.22 Å². The van der Waals surface area contributed by atoms with Gasteiger partial charge in [0.15, 0.2) is 0 Å². The van der Waals surface area contributed by atoms with Gasteiger partial charge in [-0.05, 0) is 49.0 Å². The first-order chi connectivity index (χ1) is 12.0. The lowest BCUT2D eigenvalue weighted by atomic mass is 9.65. The molecule has 2 rings (SSSR count). The van der Waals surface area contributed by atoms with Crippen LogP contribution in [-0.4, -0.2) is 37.4 Å². The summed E-state index contributed by atoms with van der Waals surface area (Å²) in [7, 11) is -0.792. The molecule has 143 valence electrons. The van der Waals surface area contributed by atoms with Gasteiger partial charge in [-0.1, -0.05) is 39.9 Å². The van der Waals surface area contributed by atoms with Crippen molar-refractivity contribution in [1.82, 2.24) is 10.3 Å². The number of aromatic nitrogens is 1. The van der Waals surface area contributed by atoms with E-state index >= 15 is 0 Å². The summed E-state index contributed by atoms with van der Waals surface area (Å²) in [5.41, 5.74) is 1.96. The summed E-state index contributed by atoms with van der Waals surface area (Å²) in [5.74, 6) is 0.261. The predicted octanol–water partition coefficient (Wildman–Crippen LogP) is 3.79. The fourth-order valence-corrected chi connectivity index (χ4v) is 4.27. The van der Waals surface area contributed by atoms with Gasteiger partial charge in [-0.2, -0.15) is 0 Å². The molecule has 1 radical (unpaired) electrons. The molecule has 26 heavy (non-hydrogen) atoms. The maximum Gasteiger partial charge on any atom is 0.225 e. The molecule has 0 unspecified atom stereocenters. The molecule has 1 amide bonds. The smallest absolute Gasteiger partial charge is 0.225 e. The molecular weight excluding hydrogens is 360 g/mol. The summed E-state index contributed by atoms with van der Waals surface area (Å²) in [5, 5.41) is 3.10. The lowest BCUT2D eigenvalue weighted by Crippen LogP contribution is -2.66. The Labute approximate surface area is 164 Å². The van der Waals surface area contributed by atoms with E-state index in [0.29, 0.717) is 6.61 Å². The van der Waals surface area contributed by atoms with E-state index < -0.39 is 9.04 Å².